The Bertz CT molecular complexity index is 1050. The van der Waals surface area contributed by atoms with E-state index in [1.54, 1.807) is 6.08 Å². The van der Waals surface area contributed by atoms with Gasteiger partial charge >= 0.3 is 5.97 Å². The van der Waals surface area contributed by atoms with Gasteiger partial charge in [-0.3, -0.25) is 9.59 Å². The van der Waals surface area contributed by atoms with Gasteiger partial charge in [-0.15, -0.1) is 0 Å². The second kappa shape index (κ2) is 48.2. The maximum absolute atomic E-state index is 12.4. The second-order valence-corrected chi connectivity index (χ2v) is 16.8. The summed E-state index contributed by atoms with van der Waals surface area (Å²) >= 11 is 0. The molecule has 0 spiro atoms. The van der Waals surface area contributed by atoms with Crippen LogP contribution in [0.5, 0.6) is 0 Å². The van der Waals surface area contributed by atoms with Gasteiger partial charge < -0.3 is 20.3 Å². The van der Waals surface area contributed by atoms with Gasteiger partial charge in [0.15, 0.2) is 0 Å². The molecule has 0 aliphatic heterocycles. The lowest BCUT2D eigenvalue weighted by atomic mass is 10.1. The lowest BCUT2D eigenvalue weighted by Crippen LogP contribution is -2.45. The van der Waals surface area contributed by atoms with Crippen LogP contribution in [-0.4, -0.2) is 47.4 Å². The molecule has 6 nitrogen and oxygen atoms in total. The molecule has 0 radical (unpaired) electrons. The molecule has 0 rings (SSSR count). The number of rotatable bonds is 45. The molecule has 0 bridgehead atoms. The van der Waals surface area contributed by atoms with Crippen molar-refractivity contribution in [3.8, 4) is 0 Å². The number of ether oxygens (including phenoxy) is 1. The minimum atomic E-state index is -0.859. The molecule has 0 aromatic carbocycles. The molecular weight excluding hydrogens is 731 g/mol. The van der Waals surface area contributed by atoms with Gasteiger partial charge in [0, 0.05) is 12.8 Å². The Morgan fingerprint density at radius 3 is 1.42 bits per heavy atom. The summed E-state index contributed by atoms with van der Waals surface area (Å²) in [5.41, 5.74) is 0. The van der Waals surface area contributed by atoms with E-state index in [1.165, 1.54) is 122 Å². The third-order valence-corrected chi connectivity index (χ3v) is 11.0. The van der Waals surface area contributed by atoms with Crippen molar-refractivity contribution in [2.45, 2.75) is 251 Å². The molecule has 6 heteroatoms. The average molecular weight is 826 g/mol. The minimum absolute atomic E-state index is 0.0383. The quantitative estimate of drug-likeness (QED) is 0.0246. The van der Waals surface area contributed by atoms with E-state index in [0.29, 0.717) is 19.4 Å². The maximum atomic E-state index is 12.4. The number of carbonyl (C=O) groups is 2. The van der Waals surface area contributed by atoms with Gasteiger partial charge in [-0.2, -0.15) is 0 Å². The van der Waals surface area contributed by atoms with Gasteiger partial charge in [0.1, 0.15) is 0 Å². The van der Waals surface area contributed by atoms with E-state index in [0.717, 1.165) is 89.9 Å². The van der Waals surface area contributed by atoms with Crippen LogP contribution in [0.3, 0.4) is 0 Å². The SMILES string of the molecule is CCCCC/C=C\C/C=C\CCCCCCCC(=O)OCCCCC/C=C\C=C/CCCCCCCCC(=O)NC(CO)C(O)/C=C/CCCCCCCCCCCC. The Balaban J connectivity index is 3.58. The molecule has 0 saturated carbocycles. The summed E-state index contributed by atoms with van der Waals surface area (Å²) in [6, 6.07) is -0.645. The molecule has 2 atom stereocenters. The Morgan fingerprint density at radius 1 is 0.492 bits per heavy atom. The number of amides is 1. The van der Waals surface area contributed by atoms with Crippen molar-refractivity contribution in [3.63, 3.8) is 0 Å². The average Bonchev–Trinajstić information content (AvgIpc) is 3.24. The Labute approximate surface area is 365 Å². The molecular formula is C53H95NO5. The lowest BCUT2D eigenvalue weighted by molar-refractivity contribution is -0.143. The summed E-state index contributed by atoms with van der Waals surface area (Å²) in [5, 5.41) is 23.0. The molecule has 59 heavy (non-hydrogen) atoms. The summed E-state index contributed by atoms with van der Waals surface area (Å²) in [6.45, 7) is 4.78. The molecule has 0 fully saturated rings. The zero-order valence-electron chi connectivity index (χ0n) is 38.7. The Kier molecular flexibility index (Phi) is 46.2. The molecule has 2 unspecified atom stereocenters. The van der Waals surface area contributed by atoms with E-state index in [4.69, 9.17) is 4.74 Å². The van der Waals surface area contributed by atoms with Crippen LogP contribution in [0.2, 0.25) is 0 Å². The van der Waals surface area contributed by atoms with Crippen molar-refractivity contribution in [1.29, 1.82) is 0 Å². The molecule has 0 aromatic heterocycles. The number of unbranched alkanes of at least 4 members (excludes halogenated alkanes) is 27. The lowest BCUT2D eigenvalue weighted by Gasteiger charge is -2.20. The topological polar surface area (TPSA) is 95.9 Å². The summed E-state index contributed by atoms with van der Waals surface area (Å²) < 4.78 is 5.43. The van der Waals surface area contributed by atoms with E-state index in [1.807, 2.05) is 6.08 Å². The molecule has 0 aromatic rings. The number of hydrogen-bond acceptors (Lipinski definition) is 5. The van der Waals surface area contributed by atoms with E-state index in [-0.39, 0.29) is 18.5 Å². The number of carbonyl (C=O) groups excluding carboxylic acids is 2. The zero-order valence-corrected chi connectivity index (χ0v) is 38.7. The molecule has 342 valence electrons. The smallest absolute Gasteiger partial charge is 0.305 e. The molecule has 0 aliphatic carbocycles. The molecule has 0 aliphatic rings. The van der Waals surface area contributed by atoms with Crippen molar-refractivity contribution < 1.29 is 24.5 Å². The maximum Gasteiger partial charge on any atom is 0.305 e. The van der Waals surface area contributed by atoms with Crippen molar-refractivity contribution in [3.05, 3.63) is 60.8 Å². The number of aliphatic hydroxyl groups excluding tert-OH is 2. The van der Waals surface area contributed by atoms with Crippen LogP contribution in [-0.2, 0) is 14.3 Å². The van der Waals surface area contributed by atoms with Crippen molar-refractivity contribution in [1.82, 2.24) is 5.32 Å². The third-order valence-electron chi connectivity index (χ3n) is 11.0. The van der Waals surface area contributed by atoms with Crippen LogP contribution in [0.15, 0.2) is 60.8 Å². The normalized spacial score (nSPS) is 13.2. The van der Waals surface area contributed by atoms with E-state index < -0.39 is 12.1 Å². The predicted octanol–water partition coefficient (Wildman–Crippen LogP) is 14.8. The Hall–Kier alpha value is -2.44. The minimum Gasteiger partial charge on any atom is -0.466 e. The molecule has 1 amide bonds. The first-order valence-corrected chi connectivity index (χ1v) is 25.1. The summed E-state index contributed by atoms with van der Waals surface area (Å²) in [4.78, 5) is 24.4. The van der Waals surface area contributed by atoms with Crippen LogP contribution >= 0.6 is 0 Å². The molecule has 3 N–H and O–H groups in total. The first kappa shape index (κ1) is 56.6. The highest BCUT2D eigenvalue weighted by Crippen LogP contribution is 2.13. The van der Waals surface area contributed by atoms with Crippen LogP contribution < -0.4 is 5.32 Å². The van der Waals surface area contributed by atoms with E-state index in [9.17, 15) is 19.8 Å². The fourth-order valence-electron chi connectivity index (χ4n) is 7.12. The number of nitrogens with one attached hydrogen (secondary N) is 1. The van der Waals surface area contributed by atoms with E-state index >= 15 is 0 Å². The van der Waals surface area contributed by atoms with E-state index in [2.05, 4.69) is 67.8 Å². The summed E-state index contributed by atoms with van der Waals surface area (Å²) in [6.07, 6.45) is 60.7. The zero-order chi connectivity index (χ0) is 43.0. The fraction of sp³-hybridized carbons (Fsp3) is 0.774. The first-order chi connectivity index (χ1) is 29.0. The largest absolute Gasteiger partial charge is 0.466 e. The predicted molar refractivity (Wildman–Crippen MR) is 255 cm³/mol. The Morgan fingerprint density at radius 2 is 0.898 bits per heavy atom. The van der Waals surface area contributed by atoms with Crippen molar-refractivity contribution in [2.24, 2.45) is 0 Å². The van der Waals surface area contributed by atoms with Crippen LogP contribution in [0, 0.1) is 0 Å². The van der Waals surface area contributed by atoms with Gasteiger partial charge in [-0.25, -0.2) is 0 Å². The number of aliphatic hydroxyl groups is 2. The van der Waals surface area contributed by atoms with Gasteiger partial charge in [-0.1, -0.05) is 190 Å². The fourth-order valence-corrected chi connectivity index (χ4v) is 7.12. The number of esters is 1. The third kappa shape index (κ3) is 44.9. The standard InChI is InChI=1S/C53H95NO5/c1-3-5-7-9-11-13-15-17-19-23-27-31-35-39-43-47-53(58)59-48-44-40-36-32-28-24-21-18-20-22-26-30-34-38-42-46-52(57)54-50(49-55)51(56)45-41-37-33-29-25-16-14-12-10-8-6-4-2/h11,13,17-19,21,24,28,41,45,50-51,55-56H,3-10,12,14-16,20,22-23,25-27,29-40,42-44,46-49H2,1-2H3,(H,54,57)/b13-11-,19-17-,21-18-,28-24-,45-41+. The highest BCUT2D eigenvalue weighted by atomic mass is 16.5. The van der Waals surface area contributed by atoms with Gasteiger partial charge in [-0.05, 0) is 96.3 Å². The van der Waals surface area contributed by atoms with Gasteiger partial charge in [0.2, 0.25) is 5.91 Å². The monoisotopic (exact) mass is 826 g/mol. The van der Waals surface area contributed by atoms with Crippen molar-refractivity contribution >= 4 is 11.9 Å². The van der Waals surface area contributed by atoms with Crippen LogP contribution in [0.25, 0.3) is 0 Å². The van der Waals surface area contributed by atoms with Crippen LogP contribution in [0.4, 0.5) is 0 Å². The second-order valence-electron chi connectivity index (χ2n) is 16.8. The summed E-state index contributed by atoms with van der Waals surface area (Å²) in [5.74, 6) is -0.132. The highest BCUT2D eigenvalue weighted by molar-refractivity contribution is 5.76. The number of hydrogen-bond donors (Lipinski definition) is 3. The van der Waals surface area contributed by atoms with Gasteiger partial charge in [0.05, 0.1) is 25.4 Å². The van der Waals surface area contributed by atoms with Crippen LogP contribution in [0.1, 0.15) is 239 Å². The van der Waals surface area contributed by atoms with Crippen molar-refractivity contribution in [2.75, 3.05) is 13.2 Å². The first-order valence-electron chi connectivity index (χ1n) is 25.1. The van der Waals surface area contributed by atoms with Gasteiger partial charge in [0.25, 0.3) is 0 Å². The summed E-state index contributed by atoms with van der Waals surface area (Å²) in [7, 11) is 0. The molecule has 0 heterocycles. The molecule has 0 saturated heterocycles. The highest BCUT2D eigenvalue weighted by Gasteiger charge is 2.18. The number of allylic oxidation sites excluding steroid dienone is 9.